The predicted octanol–water partition coefficient (Wildman–Crippen LogP) is 2.66. The van der Waals surface area contributed by atoms with Crippen LogP contribution in [0.15, 0.2) is 33.7 Å². The van der Waals surface area contributed by atoms with Crippen LogP contribution in [0.25, 0.3) is 11.6 Å². The fourth-order valence-electron chi connectivity index (χ4n) is 3.97. The summed E-state index contributed by atoms with van der Waals surface area (Å²) in [6, 6.07) is 7.20. The van der Waals surface area contributed by atoms with Crippen molar-refractivity contribution in [1.29, 1.82) is 0 Å². The first-order valence-electron chi connectivity index (χ1n) is 9.95. The molecule has 2 aromatic heterocycles. The molecule has 8 nitrogen and oxygen atoms in total. The highest BCUT2D eigenvalue weighted by molar-refractivity contribution is 7.89. The zero-order chi connectivity index (χ0) is 20.2. The molecule has 152 valence electrons. The highest BCUT2D eigenvalue weighted by Crippen LogP contribution is 2.39. The first-order chi connectivity index (χ1) is 14.0. The van der Waals surface area contributed by atoms with Crippen LogP contribution >= 0.6 is 0 Å². The van der Waals surface area contributed by atoms with E-state index in [-0.39, 0.29) is 6.54 Å². The van der Waals surface area contributed by atoms with Crippen LogP contribution in [0.5, 0.6) is 0 Å². The van der Waals surface area contributed by atoms with Crippen molar-refractivity contribution in [3.05, 3.63) is 46.9 Å². The molecule has 0 atom stereocenters. The third-order valence-electron chi connectivity index (χ3n) is 5.77. The van der Waals surface area contributed by atoms with Crippen LogP contribution in [0.1, 0.15) is 48.3 Å². The average molecular weight is 414 g/mol. The van der Waals surface area contributed by atoms with E-state index in [1.807, 2.05) is 26.1 Å². The Labute approximate surface area is 169 Å². The summed E-state index contributed by atoms with van der Waals surface area (Å²) in [5.74, 6) is 1.47. The van der Waals surface area contributed by atoms with Crippen LogP contribution < -0.4 is 0 Å². The number of nitrogens with zero attached hydrogens (tertiary/aromatic N) is 5. The van der Waals surface area contributed by atoms with Crippen LogP contribution in [0.4, 0.5) is 0 Å². The van der Waals surface area contributed by atoms with E-state index in [1.54, 1.807) is 16.8 Å². The molecule has 1 saturated carbocycles. The molecular weight excluding hydrogens is 390 g/mol. The lowest BCUT2D eigenvalue weighted by molar-refractivity contribution is 0.384. The maximum atomic E-state index is 13.4. The van der Waals surface area contributed by atoms with Gasteiger partial charge in [0, 0.05) is 43.7 Å². The largest absolute Gasteiger partial charge is 0.332 e. The molecule has 0 spiro atoms. The first-order valence-corrected chi connectivity index (χ1v) is 11.4. The van der Waals surface area contributed by atoms with Crippen molar-refractivity contribution in [3.63, 3.8) is 0 Å². The number of benzene rings is 1. The van der Waals surface area contributed by atoms with Crippen LogP contribution in [-0.2, 0) is 36.5 Å². The Kier molecular flexibility index (Phi) is 4.32. The summed E-state index contributed by atoms with van der Waals surface area (Å²) in [5, 5.41) is 8.66. The van der Waals surface area contributed by atoms with Gasteiger partial charge in [-0.1, -0.05) is 30.3 Å². The smallest absolute Gasteiger partial charge is 0.278 e. The van der Waals surface area contributed by atoms with Crippen LogP contribution in [-0.4, -0.2) is 39.2 Å². The summed E-state index contributed by atoms with van der Waals surface area (Å²) in [6.07, 6.45) is 3.43. The molecule has 2 aliphatic rings. The summed E-state index contributed by atoms with van der Waals surface area (Å²) < 4.78 is 35.6. The minimum atomic E-state index is -3.61. The summed E-state index contributed by atoms with van der Waals surface area (Å²) in [7, 11) is -1.73. The van der Waals surface area contributed by atoms with Crippen molar-refractivity contribution in [1.82, 2.24) is 24.2 Å². The number of fused-ring (bicyclic) bond motifs is 1. The van der Waals surface area contributed by atoms with Gasteiger partial charge in [0.15, 0.2) is 11.5 Å². The maximum absolute atomic E-state index is 13.4. The lowest BCUT2D eigenvalue weighted by atomic mass is 10.1. The van der Waals surface area contributed by atoms with E-state index in [1.165, 1.54) is 4.31 Å². The van der Waals surface area contributed by atoms with Gasteiger partial charge in [0.25, 0.3) is 5.89 Å². The summed E-state index contributed by atoms with van der Waals surface area (Å²) in [4.78, 5) is 4.89. The molecule has 0 saturated heterocycles. The van der Waals surface area contributed by atoms with E-state index in [0.717, 1.165) is 35.5 Å². The van der Waals surface area contributed by atoms with Gasteiger partial charge in [0.1, 0.15) is 0 Å². The first kappa shape index (κ1) is 18.5. The lowest BCUT2D eigenvalue weighted by Gasteiger charge is -2.27. The van der Waals surface area contributed by atoms with E-state index in [9.17, 15) is 8.42 Å². The van der Waals surface area contributed by atoms with Gasteiger partial charge in [0.2, 0.25) is 10.0 Å². The second-order valence-electron chi connectivity index (χ2n) is 7.68. The molecule has 5 rings (SSSR count). The fraction of sp³-hybridized carbons (Fsp3) is 0.450. The Morgan fingerprint density at radius 1 is 1.24 bits per heavy atom. The predicted molar refractivity (Wildman–Crippen MR) is 106 cm³/mol. The number of hydrogen-bond donors (Lipinski definition) is 0. The van der Waals surface area contributed by atoms with Gasteiger partial charge in [-0.2, -0.15) is 14.4 Å². The van der Waals surface area contributed by atoms with Gasteiger partial charge in [-0.3, -0.25) is 4.68 Å². The van der Waals surface area contributed by atoms with Crippen molar-refractivity contribution >= 4 is 10.0 Å². The van der Waals surface area contributed by atoms with Crippen LogP contribution in [0.2, 0.25) is 0 Å². The maximum Gasteiger partial charge on any atom is 0.278 e. The number of aromatic nitrogens is 4. The van der Waals surface area contributed by atoms with E-state index in [0.29, 0.717) is 41.8 Å². The zero-order valence-electron chi connectivity index (χ0n) is 16.5. The van der Waals surface area contributed by atoms with Crippen molar-refractivity contribution < 1.29 is 12.9 Å². The minimum Gasteiger partial charge on any atom is -0.332 e. The Bertz CT molecular complexity index is 1180. The molecule has 0 radical (unpaired) electrons. The molecule has 1 fully saturated rings. The van der Waals surface area contributed by atoms with Gasteiger partial charge in [-0.05, 0) is 30.9 Å². The molecular formula is C20H23N5O3S. The monoisotopic (exact) mass is 413 g/mol. The van der Waals surface area contributed by atoms with Gasteiger partial charge < -0.3 is 4.52 Å². The SMILES string of the molecule is CCc1ccccc1S(=O)(=O)N1CCc2c(c(-c3nc(C4CC4)no3)nn2C)C1. The van der Waals surface area contributed by atoms with Gasteiger partial charge in [0.05, 0.1) is 4.90 Å². The topological polar surface area (TPSA) is 94.1 Å². The lowest BCUT2D eigenvalue weighted by Crippen LogP contribution is -2.36. The average Bonchev–Trinajstić information content (AvgIpc) is 3.38. The van der Waals surface area contributed by atoms with Gasteiger partial charge >= 0.3 is 0 Å². The Morgan fingerprint density at radius 2 is 2.03 bits per heavy atom. The molecule has 0 unspecified atom stereocenters. The van der Waals surface area contributed by atoms with Crippen LogP contribution in [0.3, 0.4) is 0 Å². The van der Waals surface area contributed by atoms with Gasteiger partial charge in [-0.25, -0.2) is 8.42 Å². The minimum absolute atomic E-state index is 0.250. The number of sulfonamides is 1. The molecule has 29 heavy (non-hydrogen) atoms. The zero-order valence-corrected chi connectivity index (χ0v) is 17.3. The molecule has 0 amide bonds. The molecule has 0 bridgehead atoms. The van der Waals surface area contributed by atoms with E-state index in [4.69, 9.17) is 4.52 Å². The third kappa shape index (κ3) is 3.08. The Morgan fingerprint density at radius 3 is 2.79 bits per heavy atom. The molecule has 3 aromatic rings. The van der Waals surface area contributed by atoms with Crippen molar-refractivity contribution in [2.45, 2.75) is 50.0 Å². The number of aryl methyl sites for hydroxylation is 2. The third-order valence-corrected chi connectivity index (χ3v) is 7.71. The second kappa shape index (κ2) is 6.77. The Balaban J connectivity index is 1.51. The quantitative estimate of drug-likeness (QED) is 0.638. The molecule has 9 heteroatoms. The molecule has 0 N–H and O–H groups in total. The highest BCUT2D eigenvalue weighted by Gasteiger charge is 2.35. The van der Waals surface area contributed by atoms with Crippen molar-refractivity contribution in [3.8, 4) is 11.6 Å². The van der Waals surface area contributed by atoms with E-state index < -0.39 is 10.0 Å². The molecule has 3 heterocycles. The second-order valence-corrected chi connectivity index (χ2v) is 9.59. The summed E-state index contributed by atoms with van der Waals surface area (Å²) in [6.45, 7) is 2.64. The molecule has 1 aliphatic heterocycles. The standard InChI is InChI=1S/C20H23N5O3S/c1-3-13-6-4-5-7-17(13)29(26,27)25-11-10-16-15(12-25)18(22-24(16)2)20-21-19(23-28-20)14-8-9-14/h4-7,14H,3,8-12H2,1-2H3. The summed E-state index contributed by atoms with van der Waals surface area (Å²) in [5.41, 5.74) is 3.28. The van der Waals surface area contributed by atoms with Crippen LogP contribution in [0, 0.1) is 0 Å². The van der Waals surface area contributed by atoms with E-state index >= 15 is 0 Å². The molecule has 1 aromatic carbocycles. The van der Waals surface area contributed by atoms with Gasteiger partial charge in [-0.15, -0.1) is 0 Å². The van der Waals surface area contributed by atoms with Crippen molar-refractivity contribution in [2.75, 3.05) is 6.54 Å². The fourth-order valence-corrected chi connectivity index (χ4v) is 5.67. The summed E-state index contributed by atoms with van der Waals surface area (Å²) >= 11 is 0. The number of hydrogen-bond acceptors (Lipinski definition) is 6. The number of rotatable bonds is 5. The highest BCUT2D eigenvalue weighted by atomic mass is 32.2. The normalized spacial score (nSPS) is 17.4. The van der Waals surface area contributed by atoms with Crippen molar-refractivity contribution in [2.24, 2.45) is 7.05 Å². The molecule has 1 aliphatic carbocycles. The van der Waals surface area contributed by atoms with E-state index in [2.05, 4.69) is 15.2 Å². The Hall–Kier alpha value is -2.52.